The van der Waals surface area contributed by atoms with Gasteiger partial charge in [-0.15, -0.1) is 5.17 Å². The van der Waals surface area contributed by atoms with E-state index < -0.39 is 11.9 Å². The summed E-state index contributed by atoms with van der Waals surface area (Å²) in [6.45, 7) is 2.79. The summed E-state index contributed by atoms with van der Waals surface area (Å²) in [6, 6.07) is -0.694. The second kappa shape index (κ2) is 11.4. The number of carbonyl (C=O) groups excluding carboxylic acids is 1. The van der Waals surface area contributed by atoms with Crippen molar-refractivity contribution in [2.24, 2.45) is 5.73 Å². The molecule has 108 valence electrons. The van der Waals surface area contributed by atoms with Gasteiger partial charge in [0.1, 0.15) is 6.04 Å². The van der Waals surface area contributed by atoms with Crippen molar-refractivity contribution in [2.75, 3.05) is 20.3 Å². The fraction of sp³-hybridized carbons (Fsp3) is 0.917. The molecule has 18 heavy (non-hydrogen) atoms. The highest BCUT2D eigenvalue weighted by molar-refractivity contribution is 5.79. The van der Waals surface area contributed by atoms with E-state index in [9.17, 15) is 10.0 Å². The van der Waals surface area contributed by atoms with Crippen molar-refractivity contribution in [3.63, 3.8) is 0 Å². The molecule has 0 fully saturated rings. The summed E-state index contributed by atoms with van der Waals surface area (Å²) in [7, 11) is 1.48. The highest BCUT2D eigenvalue weighted by Gasteiger charge is 2.16. The van der Waals surface area contributed by atoms with Gasteiger partial charge in [0, 0.05) is 13.7 Å². The van der Waals surface area contributed by atoms with Crippen LogP contribution in [-0.4, -0.2) is 42.6 Å². The number of nitrogens with zero attached hydrogens (tertiary/aromatic N) is 1. The molecule has 0 aliphatic rings. The Hall–Kier alpha value is -0.690. The lowest BCUT2D eigenvalue weighted by molar-refractivity contribution is -0.158. The normalized spacial score (nSPS) is 12.9. The molecule has 1 unspecified atom stereocenters. The maximum atomic E-state index is 11.0. The van der Waals surface area contributed by atoms with Gasteiger partial charge in [-0.1, -0.05) is 39.0 Å². The Balaban J connectivity index is 3.61. The van der Waals surface area contributed by atoms with Crippen LogP contribution >= 0.6 is 0 Å². The number of hydrazine groups is 1. The number of primary amides is 1. The Labute approximate surface area is 109 Å². The SMILES string of the molecule is CCCCCCCCN(O)NC(COC)C(N)=O. The molecule has 0 heterocycles. The molecular weight excluding hydrogens is 234 g/mol. The molecule has 6 nitrogen and oxygen atoms in total. The summed E-state index contributed by atoms with van der Waals surface area (Å²) < 4.78 is 4.83. The monoisotopic (exact) mass is 261 g/mol. The summed E-state index contributed by atoms with van der Waals surface area (Å²) in [6.07, 6.45) is 6.86. The molecule has 0 saturated heterocycles. The zero-order valence-electron chi connectivity index (χ0n) is 11.5. The Bertz CT molecular complexity index is 215. The summed E-state index contributed by atoms with van der Waals surface area (Å²) in [4.78, 5) is 11.0. The van der Waals surface area contributed by atoms with Gasteiger partial charge in [0.25, 0.3) is 0 Å². The number of hydrogen-bond acceptors (Lipinski definition) is 5. The van der Waals surface area contributed by atoms with Crippen LogP contribution < -0.4 is 11.2 Å². The molecule has 1 amide bonds. The average Bonchev–Trinajstić information content (AvgIpc) is 2.33. The third kappa shape index (κ3) is 9.35. The van der Waals surface area contributed by atoms with Crippen LogP contribution in [0.4, 0.5) is 0 Å². The van der Waals surface area contributed by atoms with Crippen molar-refractivity contribution in [1.82, 2.24) is 10.6 Å². The van der Waals surface area contributed by atoms with Crippen molar-refractivity contribution in [3.05, 3.63) is 0 Å². The fourth-order valence-corrected chi connectivity index (χ4v) is 1.64. The van der Waals surface area contributed by atoms with Gasteiger partial charge in [-0.2, -0.15) is 0 Å². The van der Waals surface area contributed by atoms with Gasteiger partial charge < -0.3 is 10.5 Å². The predicted octanol–water partition coefficient (Wildman–Crippen LogP) is 1.04. The van der Waals surface area contributed by atoms with E-state index in [0.29, 0.717) is 6.54 Å². The van der Waals surface area contributed by atoms with Crippen molar-refractivity contribution >= 4 is 5.91 Å². The van der Waals surface area contributed by atoms with Crippen molar-refractivity contribution in [3.8, 4) is 0 Å². The van der Waals surface area contributed by atoms with Crippen molar-refractivity contribution in [1.29, 1.82) is 0 Å². The lowest BCUT2D eigenvalue weighted by Crippen LogP contribution is -2.51. The predicted molar refractivity (Wildman–Crippen MR) is 69.9 cm³/mol. The number of carbonyl (C=O) groups is 1. The van der Waals surface area contributed by atoms with E-state index in [1.54, 1.807) is 0 Å². The van der Waals surface area contributed by atoms with Crippen LogP contribution in [0.1, 0.15) is 45.4 Å². The number of hydrogen-bond donors (Lipinski definition) is 3. The number of rotatable bonds is 12. The van der Waals surface area contributed by atoms with Crippen molar-refractivity contribution in [2.45, 2.75) is 51.5 Å². The molecule has 0 aliphatic heterocycles. The second-order valence-corrected chi connectivity index (χ2v) is 4.43. The Morgan fingerprint density at radius 3 is 2.50 bits per heavy atom. The molecule has 6 heteroatoms. The maximum absolute atomic E-state index is 11.0. The molecule has 0 aromatic rings. The molecule has 0 aromatic carbocycles. The van der Waals surface area contributed by atoms with Crippen molar-refractivity contribution < 1.29 is 14.7 Å². The van der Waals surface area contributed by atoms with Gasteiger partial charge in [0.05, 0.1) is 6.61 Å². The number of hydroxylamine groups is 1. The first kappa shape index (κ1) is 17.3. The van der Waals surface area contributed by atoms with E-state index in [4.69, 9.17) is 10.5 Å². The van der Waals surface area contributed by atoms with Gasteiger partial charge >= 0.3 is 0 Å². The van der Waals surface area contributed by atoms with Crippen LogP contribution in [0.2, 0.25) is 0 Å². The van der Waals surface area contributed by atoms with Gasteiger partial charge in [-0.3, -0.25) is 10.0 Å². The average molecular weight is 261 g/mol. The zero-order valence-corrected chi connectivity index (χ0v) is 11.5. The minimum Gasteiger partial charge on any atom is -0.382 e. The van der Waals surface area contributed by atoms with Crippen LogP contribution in [0.5, 0.6) is 0 Å². The molecule has 0 saturated carbocycles. The van der Waals surface area contributed by atoms with E-state index in [0.717, 1.165) is 18.0 Å². The molecule has 0 bridgehead atoms. The molecule has 0 rings (SSSR count). The number of nitrogens with two attached hydrogens (primary N) is 1. The topological polar surface area (TPSA) is 87.8 Å². The second-order valence-electron chi connectivity index (χ2n) is 4.43. The molecule has 1 atom stereocenters. The first-order chi connectivity index (χ1) is 8.61. The van der Waals surface area contributed by atoms with E-state index in [2.05, 4.69) is 12.3 Å². The maximum Gasteiger partial charge on any atom is 0.238 e. The lowest BCUT2D eigenvalue weighted by Gasteiger charge is -2.21. The molecule has 0 aliphatic carbocycles. The highest BCUT2D eigenvalue weighted by atomic mass is 16.5. The largest absolute Gasteiger partial charge is 0.382 e. The minimum absolute atomic E-state index is 0.142. The lowest BCUT2D eigenvalue weighted by atomic mass is 10.1. The third-order valence-corrected chi connectivity index (χ3v) is 2.71. The van der Waals surface area contributed by atoms with Gasteiger partial charge in [-0.05, 0) is 6.42 Å². The van der Waals surface area contributed by atoms with Crippen LogP contribution in [0.15, 0.2) is 0 Å². The standard InChI is InChI=1S/C12H27N3O3/c1-3-4-5-6-7-8-9-15(17)14-11(10-18-2)12(13)16/h11,14,17H,3-10H2,1-2H3,(H2,13,16). The van der Waals surface area contributed by atoms with Crippen LogP contribution in [0, 0.1) is 0 Å². The minimum atomic E-state index is -0.694. The quantitative estimate of drug-likeness (QED) is 0.361. The smallest absolute Gasteiger partial charge is 0.238 e. The summed E-state index contributed by atoms with van der Waals surface area (Å²) in [5.74, 6) is -0.543. The number of unbranched alkanes of at least 4 members (excludes halogenated alkanes) is 5. The number of amides is 1. The Morgan fingerprint density at radius 2 is 1.94 bits per heavy atom. The van der Waals surface area contributed by atoms with Crippen LogP contribution in [0.3, 0.4) is 0 Å². The van der Waals surface area contributed by atoms with E-state index in [-0.39, 0.29) is 6.61 Å². The van der Waals surface area contributed by atoms with Gasteiger partial charge in [-0.25, -0.2) is 5.43 Å². The Kier molecular flexibility index (Phi) is 11.0. The number of nitrogens with one attached hydrogen (secondary N) is 1. The number of ether oxygens (including phenoxy) is 1. The van der Waals surface area contributed by atoms with E-state index in [1.807, 2.05) is 0 Å². The summed E-state index contributed by atoms with van der Waals surface area (Å²) in [5.41, 5.74) is 7.77. The molecule has 0 radical (unpaired) electrons. The zero-order chi connectivity index (χ0) is 13.8. The molecular formula is C12H27N3O3. The first-order valence-electron chi connectivity index (χ1n) is 6.62. The fourth-order valence-electron chi connectivity index (χ4n) is 1.64. The first-order valence-corrected chi connectivity index (χ1v) is 6.62. The molecule has 4 N–H and O–H groups in total. The van der Waals surface area contributed by atoms with Crippen LogP contribution in [0.25, 0.3) is 0 Å². The molecule has 0 aromatic heterocycles. The summed E-state index contributed by atoms with van der Waals surface area (Å²) >= 11 is 0. The molecule has 0 spiro atoms. The Morgan fingerprint density at radius 1 is 1.33 bits per heavy atom. The van der Waals surface area contributed by atoms with E-state index in [1.165, 1.54) is 32.8 Å². The number of methoxy groups -OCH3 is 1. The van der Waals surface area contributed by atoms with Gasteiger partial charge in [0.2, 0.25) is 5.91 Å². The van der Waals surface area contributed by atoms with Gasteiger partial charge in [0.15, 0.2) is 0 Å². The third-order valence-electron chi connectivity index (χ3n) is 2.71. The van der Waals surface area contributed by atoms with Crippen LogP contribution in [-0.2, 0) is 9.53 Å². The van der Waals surface area contributed by atoms with E-state index >= 15 is 0 Å². The highest BCUT2D eigenvalue weighted by Crippen LogP contribution is 2.05. The summed E-state index contributed by atoms with van der Waals surface area (Å²) in [5, 5.41) is 10.5.